The molecule has 1 amide bonds. The number of carbonyl (C=O) groups excluding carboxylic acids is 1. The molecule has 2 aromatic heterocycles. The van der Waals surface area contributed by atoms with Crippen LogP contribution in [0.4, 0.5) is 5.13 Å². The van der Waals surface area contributed by atoms with Gasteiger partial charge in [0.2, 0.25) is 21.8 Å². The van der Waals surface area contributed by atoms with Crippen LogP contribution < -0.4 is 10.1 Å². The molecule has 12 heteroatoms. The van der Waals surface area contributed by atoms with Crippen molar-refractivity contribution >= 4 is 42.7 Å². The average Bonchev–Trinajstić information content (AvgIpc) is 3.60. The standard InChI is InChI=1S/C27H35N5O5S2/c1-31-12-14-32(15-13-31)39(35,36)21-8-6-20(7-9-21)22(18-19-4-2-3-5-19)25(34)30-27-28-23-10-11-24(37-17-16-33)29-26(23)38-27/h6-11,19,22,33H,2-5,12-18H2,1H3,(H,28,30,34)/t22-/m1/s1. The van der Waals surface area contributed by atoms with E-state index >= 15 is 0 Å². The maximum Gasteiger partial charge on any atom is 0.243 e. The molecule has 3 heterocycles. The van der Waals surface area contributed by atoms with E-state index in [2.05, 4.69) is 20.2 Å². The van der Waals surface area contributed by atoms with Crippen LogP contribution in [0.5, 0.6) is 5.88 Å². The van der Waals surface area contributed by atoms with Gasteiger partial charge in [0.05, 0.1) is 17.4 Å². The molecule has 1 aliphatic carbocycles. The highest BCUT2D eigenvalue weighted by Crippen LogP contribution is 2.36. The lowest BCUT2D eigenvalue weighted by Gasteiger charge is -2.31. The van der Waals surface area contributed by atoms with E-state index in [1.165, 1.54) is 28.5 Å². The molecule has 2 N–H and O–H groups in total. The fraction of sp³-hybridized carbons (Fsp3) is 0.519. The minimum atomic E-state index is -3.58. The number of hydrogen-bond donors (Lipinski definition) is 2. The second kappa shape index (κ2) is 12.3. The molecule has 1 atom stereocenters. The number of benzene rings is 1. The van der Waals surface area contributed by atoms with Crippen molar-refractivity contribution in [3.05, 3.63) is 42.0 Å². The molecule has 2 fully saturated rings. The fourth-order valence-corrected chi connectivity index (χ4v) is 7.56. The van der Waals surface area contributed by atoms with Gasteiger partial charge in [0.15, 0.2) is 5.13 Å². The second-order valence-corrected chi connectivity index (χ2v) is 13.2. The Hall–Kier alpha value is -2.64. The summed E-state index contributed by atoms with van der Waals surface area (Å²) in [5.74, 6) is 0.269. The third-order valence-electron chi connectivity index (χ3n) is 7.54. The van der Waals surface area contributed by atoms with E-state index in [1.807, 2.05) is 7.05 Å². The van der Waals surface area contributed by atoms with Crippen LogP contribution in [-0.4, -0.2) is 85.0 Å². The Bertz CT molecular complexity index is 1380. The summed E-state index contributed by atoms with van der Waals surface area (Å²) in [6.07, 6.45) is 5.25. The van der Waals surface area contributed by atoms with Crippen molar-refractivity contribution in [1.29, 1.82) is 0 Å². The van der Waals surface area contributed by atoms with Crippen molar-refractivity contribution in [3.63, 3.8) is 0 Å². The molecule has 0 unspecified atom stereocenters. The van der Waals surface area contributed by atoms with Crippen LogP contribution in [0.2, 0.25) is 0 Å². The van der Waals surface area contributed by atoms with Gasteiger partial charge in [-0.05, 0) is 43.1 Å². The molecule has 210 valence electrons. The van der Waals surface area contributed by atoms with Crippen molar-refractivity contribution in [2.24, 2.45) is 5.92 Å². The molecular formula is C27H35N5O5S2. The van der Waals surface area contributed by atoms with Crippen molar-refractivity contribution in [2.75, 3.05) is 51.8 Å². The zero-order chi connectivity index (χ0) is 27.4. The Labute approximate surface area is 233 Å². The van der Waals surface area contributed by atoms with Gasteiger partial charge < -0.3 is 20.1 Å². The minimum Gasteiger partial charge on any atom is -0.475 e. The summed E-state index contributed by atoms with van der Waals surface area (Å²) in [5, 5.41) is 12.4. The van der Waals surface area contributed by atoms with Crippen LogP contribution in [0.3, 0.4) is 0 Å². The Morgan fingerprint density at radius 3 is 2.51 bits per heavy atom. The van der Waals surface area contributed by atoms with E-state index in [9.17, 15) is 13.2 Å². The SMILES string of the molecule is CN1CCN(S(=O)(=O)c2ccc([C@@H](CC3CCCC3)C(=O)Nc3nc4ccc(OCCO)nc4s3)cc2)CC1. The van der Waals surface area contributed by atoms with Gasteiger partial charge in [0, 0.05) is 32.2 Å². The number of aliphatic hydroxyl groups is 1. The molecule has 0 radical (unpaired) electrons. The summed E-state index contributed by atoms with van der Waals surface area (Å²) in [6, 6.07) is 10.3. The topological polar surface area (TPSA) is 125 Å². The van der Waals surface area contributed by atoms with Crippen LogP contribution in [0.1, 0.15) is 43.6 Å². The van der Waals surface area contributed by atoms with Gasteiger partial charge in [-0.15, -0.1) is 0 Å². The maximum atomic E-state index is 13.6. The van der Waals surface area contributed by atoms with Gasteiger partial charge in [0.25, 0.3) is 0 Å². The lowest BCUT2D eigenvalue weighted by Crippen LogP contribution is -2.47. The van der Waals surface area contributed by atoms with Crippen LogP contribution in [0, 0.1) is 5.92 Å². The number of aromatic nitrogens is 2. The van der Waals surface area contributed by atoms with Crippen molar-refractivity contribution in [2.45, 2.75) is 42.9 Å². The van der Waals surface area contributed by atoms with Crippen LogP contribution in [0.25, 0.3) is 10.3 Å². The molecule has 0 bridgehead atoms. The van der Waals surface area contributed by atoms with Crippen LogP contribution in [-0.2, 0) is 14.8 Å². The fourth-order valence-electron chi connectivity index (χ4n) is 5.30. The van der Waals surface area contributed by atoms with Gasteiger partial charge in [-0.25, -0.2) is 18.4 Å². The molecule has 10 nitrogen and oxygen atoms in total. The molecule has 1 saturated heterocycles. The van der Waals surface area contributed by atoms with E-state index in [0.29, 0.717) is 59.9 Å². The highest BCUT2D eigenvalue weighted by molar-refractivity contribution is 7.89. The van der Waals surface area contributed by atoms with E-state index in [4.69, 9.17) is 9.84 Å². The number of nitrogens with one attached hydrogen (secondary N) is 1. The third-order valence-corrected chi connectivity index (χ3v) is 10.3. The number of fused-ring (bicyclic) bond motifs is 1. The number of thiazole rings is 1. The summed E-state index contributed by atoms with van der Waals surface area (Å²) < 4.78 is 33.3. The summed E-state index contributed by atoms with van der Waals surface area (Å²) >= 11 is 1.27. The number of nitrogens with zero attached hydrogens (tertiary/aromatic N) is 4. The highest BCUT2D eigenvalue weighted by Gasteiger charge is 2.30. The number of piperazine rings is 1. The van der Waals surface area contributed by atoms with E-state index in [1.54, 1.807) is 36.4 Å². The number of hydrogen-bond acceptors (Lipinski definition) is 9. The highest BCUT2D eigenvalue weighted by atomic mass is 32.2. The number of rotatable bonds is 10. The number of amides is 1. The summed E-state index contributed by atoms with van der Waals surface area (Å²) in [4.78, 5) is 25.5. The number of aliphatic hydroxyl groups excluding tert-OH is 1. The summed E-state index contributed by atoms with van der Waals surface area (Å²) in [7, 11) is -1.59. The molecular weight excluding hydrogens is 538 g/mol. The maximum absolute atomic E-state index is 13.6. The molecule has 1 aliphatic heterocycles. The average molecular weight is 574 g/mol. The number of sulfonamides is 1. The number of anilines is 1. The third kappa shape index (κ3) is 6.58. The van der Waals surface area contributed by atoms with Crippen molar-refractivity contribution in [3.8, 4) is 5.88 Å². The van der Waals surface area contributed by atoms with Gasteiger partial charge in [-0.2, -0.15) is 4.31 Å². The quantitative estimate of drug-likeness (QED) is 0.379. The summed E-state index contributed by atoms with van der Waals surface area (Å²) in [6.45, 7) is 2.41. The zero-order valence-corrected chi connectivity index (χ0v) is 23.7. The second-order valence-electron chi connectivity index (χ2n) is 10.3. The zero-order valence-electron chi connectivity index (χ0n) is 22.1. The molecule has 3 aromatic rings. The van der Waals surface area contributed by atoms with Gasteiger partial charge in [0.1, 0.15) is 17.0 Å². The summed E-state index contributed by atoms with van der Waals surface area (Å²) in [5.41, 5.74) is 1.45. The first-order chi connectivity index (χ1) is 18.8. The Kier molecular flexibility index (Phi) is 8.77. The van der Waals surface area contributed by atoms with Crippen LogP contribution in [0.15, 0.2) is 41.3 Å². The number of pyridine rings is 1. The predicted molar refractivity (Wildman–Crippen MR) is 151 cm³/mol. The van der Waals surface area contributed by atoms with Gasteiger partial charge in [-0.3, -0.25) is 4.79 Å². The first-order valence-corrected chi connectivity index (χ1v) is 15.7. The number of carbonyl (C=O) groups is 1. The Morgan fingerprint density at radius 2 is 1.82 bits per heavy atom. The van der Waals surface area contributed by atoms with Gasteiger partial charge in [-0.1, -0.05) is 49.2 Å². The first-order valence-electron chi connectivity index (χ1n) is 13.4. The lowest BCUT2D eigenvalue weighted by molar-refractivity contribution is -0.118. The Balaban J connectivity index is 1.34. The largest absolute Gasteiger partial charge is 0.475 e. The predicted octanol–water partition coefficient (Wildman–Crippen LogP) is 3.30. The molecule has 5 rings (SSSR count). The molecule has 39 heavy (non-hydrogen) atoms. The molecule has 1 aromatic carbocycles. The van der Waals surface area contributed by atoms with Crippen molar-refractivity contribution < 1.29 is 23.1 Å². The van der Waals surface area contributed by atoms with Crippen molar-refractivity contribution in [1.82, 2.24) is 19.2 Å². The molecule has 0 spiro atoms. The smallest absolute Gasteiger partial charge is 0.243 e. The number of likely N-dealkylation sites (N-methyl/N-ethyl adjacent to an activating group) is 1. The van der Waals surface area contributed by atoms with E-state index < -0.39 is 15.9 Å². The van der Waals surface area contributed by atoms with E-state index in [-0.39, 0.29) is 24.0 Å². The first kappa shape index (κ1) is 27.9. The lowest BCUT2D eigenvalue weighted by atomic mass is 9.87. The van der Waals surface area contributed by atoms with E-state index in [0.717, 1.165) is 18.4 Å². The van der Waals surface area contributed by atoms with Crippen LogP contribution >= 0.6 is 11.3 Å². The molecule has 1 saturated carbocycles. The molecule has 2 aliphatic rings. The minimum absolute atomic E-state index is 0.102. The normalized spacial score (nSPS) is 18.4. The number of ether oxygens (including phenoxy) is 1. The monoisotopic (exact) mass is 573 g/mol. The Morgan fingerprint density at radius 1 is 1.10 bits per heavy atom. The van der Waals surface area contributed by atoms with Gasteiger partial charge >= 0.3 is 0 Å².